The smallest absolute Gasteiger partial charge is 0.267 e. The van der Waals surface area contributed by atoms with Gasteiger partial charge >= 0.3 is 0 Å². The molecule has 5 rings (SSSR count). The van der Waals surface area contributed by atoms with Gasteiger partial charge in [-0.15, -0.1) is 0 Å². The van der Waals surface area contributed by atoms with Gasteiger partial charge in [0.25, 0.3) is 5.56 Å². The van der Waals surface area contributed by atoms with Crippen LogP contribution in [0.3, 0.4) is 0 Å². The zero-order valence-corrected chi connectivity index (χ0v) is 14.6. The van der Waals surface area contributed by atoms with Crippen molar-refractivity contribution in [2.75, 3.05) is 5.32 Å². The predicted octanol–water partition coefficient (Wildman–Crippen LogP) is 2.60. The number of nitrogens with zero attached hydrogens (tertiary/aromatic N) is 4. The first-order valence-corrected chi connectivity index (χ1v) is 9.44. The molecule has 0 atom stereocenters. The summed E-state index contributed by atoms with van der Waals surface area (Å²) < 4.78 is 1.75. The molecular weight excluding hydrogens is 328 g/mol. The molecule has 2 aliphatic carbocycles. The average molecular weight is 350 g/mol. The number of rotatable bonds is 3. The lowest BCUT2D eigenvalue weighted by atomic mass is 9.91. The molecule has 1 saturated carbocycles. The number of aromatic amines is 1. The Morgan fingerprint density at radius 3 is 2.92 bits per heavy atom. The highest BCUT2D eigenvalue weighted by molar-refractivity contribution is 5.86. The summed E-state index contributed by atoms with van der Waals surface area (Å²) in [4.78, 5) is 24.2. The second-order valence-electron chi connectivity index (χ2n) is 7.36. The van der Waals surface area contributed by atoms with Crippen molar-refractivity contribution in [3.63, 3.8) is 0 Å². The van der Waals surface area contributed by atoms with Crippen molar-refractivity contribution >= 4 is 16.9 Å². The molecule has 3 aromatic heterocycles. The number of nitrogens with one attached hydrogen (secondary N) is 2. The Morgan fingerprint density at radius 2 is 2.04 bits per heavy atom. The molecule has 1 fully saturated rings. The summed E-state index contributed by atoms with van der Waals surface area (Å²) in [7, 11) is 0. The number of aromatic nitrogens is 5. The Kier molecular flexibility index (Phi) is 3.72. The van der Waals surface area contributed by atoms with Crippen LogP contribution in [0.25, 0.3) is 11.0 Å². The van der Waals surface area contributed by atoms with Gasteiger partial charge in [0.1, 0.15) is 17.8 Å². The fourth-order valence-corrected chi connectivity index (χ4v) is 4.32. The van der Waals surface area contributed by atoms with E-state index in [0.717, 1.165) is 73.1 Å². The fourth-order valence-electron chi connectivity index (χ4n) is 4.32. The lowest BCUT2D eigenvalue weighted by Crippen LogP contribution is -2.34. The molecule has 26 heavy (non-hydrogen) atoms. The molecule has 7 heteroatoms. The normalized spacial score (nSPS) is 22.5. The summed E-state index contributed by atoms with van der Waals surface area (Å²) in [5, 5.41) is 9.26. The van der Waals surface area contributed by atoms with Gasteiger partial charge in [-0.1, -0.05) is 0 Å². The van der Waals surface area contributed by atoms with Gasteiger partial charge in [0.2, 0.25) is 0 Å². The van der Waals surface area contributed by atoms with Crippen LogP contribution < -0.4 is 10.9 Å². The molecule has 3 aromatic rings. The molecule has 0 aromatic carbocycles. The van der Waals surface area contributed by atoms with E-state index in [0.29, 0.717) is 6.04 Å². The van der Waals surface area contributed by atoms with Crippen LogP contribution in [0.15, 0.2) is 29.5 Å². The second kappa shape index (κ2) is 6.23. The maximum atomic E-state index is 12.4. The third-order valence-corrected chi connectivity index (χ3v) is 5.72. The first-order valence-electron chi connectivity index (χ1n) is 9.44. The van der Waals surface area contributed by atoms with Crippen molar-refractivity contribution < 1.29 is 0 Å². The lowest BCUT2D eigenvalue weighted by molar-refractivity contribution is 0.302. The first-order chi connectivity index (χ1) is 12.8. The molecule has 0 spiro atoms. The van der Waals surface area contributed by atoms with Crippen LogP contribution in [0, 0.1) is 0 Å². The maximum absolute atomic E-state index is 12.4. The van der Waals surface area contributed by atoms with Crippen LogP contribution in [0.5, 0.6) is 0 Å². The van der Waals surface area contributed by atoms with Crippen LogP contribution in [0.2, 0.25) is 0 Å². The van der Waals surface area contributed by atoms with Gasteiger partial charge in [-0.2, -0.15) is 5.10 Å². The minimum Gasteiger partial charge on any atom is -0.367 e. The number of anilines is 1. The van der Waals surface area contributed by atoms with Gasteiger partial charge in [-0.25, -0.2) is 14.6 Å². The van der Waals surface area contributed by atoms with E-state index in [4.69, 9.17) is 0 Å². The molecule has 3 heterocycles. The van der Waals surface area contributed by atoms with Gasteiger partial charge in [0.15, 0.2) is 0 Å². The minimum atomic E-state index is 0.0619. The summed E-state index contributed by atoms with van der Waals surface area (Å²) in [6.45, 7) is 0. The zero-order valence-electron chi connectivity index (χ0n) is 14.6. The predicted molar refractivity (Wildman–Crippen MR) is 99.3 cm³/mol. The zero-order chi connectivity index (χ0) is 17.5. The largest absolute Gasteiger partial charge is 0.367 e. The maximum Gasteiger partial charge on any atom is 0.267 e. The molecule has 0 aliphatic heterocycles. The SMILES string of the molecule is O=c1cc2c(nn1C1CCC(Nc3ncnc4[nH]ccc34)CC1)CCC2. The molecule has 134 valence electrons. The molecule has 0 radical (unpaired) electrons. The molecule has 0 unspecified atom stereocenters. The second-order valence-corrected chi connectivity index (χ2v) is 7.36. The van der Waals surface area contributed by atoms with E-state index in [1.54, 1.807) is 11.0 Å². The van der Waals surface area contributed by atoms with Gasteiger partial charge in [0.05, 0.1) is 17.1 Å². The highest BCUT2D eigenvalue weighted by Crippen LogP contribution is 2.30. The van der Waals surface area contributed by atoms with Crippen molar-refractivity contribution in [1.82, 2.24) is 24.7 Å². The van der Waals surface area contributed by atoms with Gasteiger partial charge in [0, 0.05) is 18.3 Å². The van der Waals surface area contributed by atoms with E-state index >= 15 is 0 Å². The molecule has 7 nitrogen and oxygen atoms in total. The number of fused-ring (bicyclic) bond motifs is 2. The third kappa shape index (κ3) is 2.67. The summed E-state index contributed by atoms with van der Waals surface area (Å²) in [5.41, 5.74) is 3.19. The molecule has 2 aliphatic rings. The molecular formula is C19H22N6O. The van der Waals surface area contributed by atoms with Crippen LogP contribution in [0.1, 0.15) is 49.4 Å². The number of H-pyrrole nitrogens is 1. The van der Waals surface area contributed by atoms with Gasteiger partial charge in [-0.05, 0) is 56.6 Å². The fraction of sp³-hybridized carbons (Fsp3) is 0.474. The lowest BCUT2D eigenvalue weighted by Gasteiger charge is -2.30. The highest BCUT2D eigenvalue weighted by atomic mass is 16.1. The Bertz CT molecular complexity index is 999. The van der Waals surface area contributed by atoms with Crippen molar-refractivity contribution in [2.24, 2.45) is 0 Å². The highest BCUT2D eigenvalue weighted by Gasteiger charge is 2.26. The summed E-state index contributed by atoms with van der Waals surface area (Å²) in [6, 6.07) is 4.38. The summed E-state index contributed by atoms with van der Waals surface area (Å²) in [5.74, 6) is 0.882. The summed E-state index contributed by atoms with van der Waals surface area (Å²) >= 11 is 0. The molecule has 0 amide bonds. The van der Waals surface area contributed by atoms with E-state index < -0.39 is 0 Å². The first kappa shape index (κ1) is 15.5. The van der Waals surface area contributed by atoms with Crippen molar-refractivity contribution in [1.29, 1.82) is 0 Å². The minimum absolute atomic E-state index is 0.0619. The number of aryl methyl sites for hydroxylation is 2. The third-order valence-electron chi connectivity index (χ3n) is 5.72. The van der Waals surface area contributed by atoms with E-state index in [9.17, 15) is 4.79 Å². The Hall–Kier alpha value is -2.70. The average Bonchev–Trinajstić information content (AvgIpc) is 3.31. The molecule has 0 bridgehead atoms. The van der Waals surface area contributed by atoms with Gasteiger partial charge in [-0.3, -0.25) is 4.79 Å². The topological polar surface area (TPSA) is 88.5 Å². The monoisotopic (exact) mass is 350 g/mol. The van der Waals surface area contributed by atoms with E-state index in [-0.39, 0.29) is 11.6 Å². The van der Waals surface area contributed by atoms with Crippen LogP contribution in [-0.2, 0) is 12.8 Å². The van der Waals surface area contributed by atoms with E-state index in [2.05, 4.69) is 25.4 Å². The van der Waals surface area contributed by atoms with Crippen LogP contribution in [-0.4, -0.2) is 30.8 Å². The van der Waals surface area contributed by atoms with E-state index in [1.807, 2.05) is 18.3 Å². The molecule has 0 saturated heterocycles. The van der Waals surface area contributed by atoms with Crippen molar-refractivity contribution in [2.45, 2.75) is 57.0 Å². The van der Waals surface area contributed by atoms with Crippen molar-refractivity contribution in [3.05, 3.63) is 46.3 Å². The number of hydrogen-bond donors (Lipinski definition) is 2. The van der Waals surface area contributed by atoms with Gasteiger partial charge < -0.3 is 10.3 Å². The number of hydrogen-bond acceptors (Lipinski definition) is 5. The standard InChI is InChI=1S/C19H22N6O/c26-17-10-12-2-1-3-16(12)24-25(17)14-6-4-13(5-7-14)23-19-15-8-9-20-18(15)21-11-22-19/h8-11,13-14H,1-7H2,(H2,20,21,22,23). The summed E-state index contributed by atoms with van der Waals surface area (Å²) in [6.07, 6.45) is 10.5. The molecule has 2 N–H and O–H groups in total. The van der Waals surface area contributed by atoms with Crippen LogP contribution in [0.4, 0.5) is 5.82 Å². The van der Waals surface area contributed by atoms with Crippen LogP contribution >= 0.6 is 0 Å². The Morgan fingerprint density at radius 1 is 1.15 bits per heavy atom. The Labute approximate surface area is 150 Å². The Balaban J connectivity index is 1.29. The quantitative estimate of drug-likeness (QED) is 0.758. The van der Waals surface area contributed by atoms with Crippen molar-refractivity contribution in [3.8, 4) is 0 Å². The van der Waals surface area contributed by atoms with E-state index in [1.165, 1.54) is 0 Å².